The Labute approximate surface area is 192 Å². The quantitative estimate of drug-likeness (QED) is 0.339. The van der Waals surface area contributed by atoms with Crippen molar-refractivity contribution in [3.8, 4) is 17.2 Å². The first-order valence-corrected chi connectivity index (χ1v) is 11.4. The first-order chi connectivity index (χ1) is 15.3. The molecule has 0 fully saturated rings. The number of nitrogens with zero attached hydrogens (tertiary/aromatic N) is 3. The molecule has 0 aliphatic rings. The lowest BCUT2D eigenvalue weighted by atomic mass is 10.1. The van der Waals surface area contributed by atoms with Crippen molar-refractivity contribution in [3.63, 3.8) is 0 Å². The number of hydrogen-bond donors (Lipinski definition) is 2. The van der Waals surface area contributed by atoms with Gasteiger partial charge in [-0.1, -0.05) is 25.6 Å². The molecule has 3 N–H and O–H groups in total. The number of nitrogens with one attached hydrogen (secondary N) is 1. The van der Waals surface area contributed by atoms with Crippen LogP contribution in [0, 0.1) is 5.92 Å². The van der Waals surface area contributed by atoms with Gasteiger partial charge in [-0.2, -0.15) is 0 Å². The zero-order valence-corrected chi connectivity index (χ0v) is 20.0. The van der Waals surface area contributed by atoms with Crippen LogP contribution in [-0.4, -0.2) is 60.2 Å². The first kappa shape index (κ1) is 25.3. The second kappa shape index (κ2) is 12.2. The highest BCUT2D eigenvalue weighted by atomic mass is 32.2. The number of ether oxygens (including phenoxy) is 3. The van der Waals surface area contributed by atoms with Crippen molar-refractivity contribution in [2.45, 2.75) is 38.4 Å². The number of methoxy groups -OCH3 is 2. The molecule has 10 nitrogen and oxygen atoms in total. The number of nitrogens with two attached hydrogens (primary N) is 1. The van der Waals surface area contributed by atoms with Gasteiger partial charge in [0.1, 0.15) is 5.82 Å². The van der Waals surface area contributed by atoms with Crippen LogP contribution in [0.4, 0.5) is 0 Å². The first-order valence-electron chi connectivity index (χ1n) is 10.2. The Morgan fingerprint density at radius 3 is 2.38 bits per heavy atom. The summed E-state index contributed by atoms with van der Waals surface area (Å²) in [6.07, 6.45) is 3.40. The molecule has 0 radical (unpaired) electrons. The molecule has 0 unspecified atom stereocenters. The number of primary amides is 1. The molecule has 0 aliphatic heterocycles. The van der Waals surface area contributed by atoms with Crippen LogP contribution in [0.1, 0.15) is 36.5 Å². The van der Waals surface area contributed by atoms with Gasteiger partial charge in [0.15, 0.2) is 23.3 Å². The van der Waals surface area contributed by atoms with E-state index in [-0.39, 0.29) is 29.8 Å². The predicted octanol–water partition coefficient (Wildman–Crippen LogP) is 1.90. The van der Waals surface area contributed by atoms with E-state index in [0.717, 1.165) is 17.5 Å². The van der Waals surface area contributed by atoms with E-state index in [2.05, 4.69) is 33.9 Å². The van der Waals surface area contributed by atoms with Crippen LogP contribution in [0.5, 0.6) is 17.2 Å². The molecule has 1 aromatic carbocycles. The number of carbonyl (C=O) groups is 2. The number of thioether (sulfide) groups is 1. The molecule has 1 aromatic heterocycles. The van der Waals surface area contributed by atoms with Gasteiger partial charge in [0.25, 0.3) is 11.8 Å². The van der Waals surface area contributed by atoms with Gasteiger partial charge in [-0.25, -0.2) is 0 Å². The zero-order chi connectivity index (χ0) is 23.7. The fraction of sp³-hybridized carbons (Fsp3) is 0.524. The lowest BCUT2D eigenvalue weighted by Gasteiger charge is -2.15. The molecule has 1 heterocycles. The van der Waals surface area contributed by atoms with Crippen LogP contribution in [0.2, 0.25) is 0 Å². The van der Waals surface area contributed by atoms with Crippen LogP contribution >= 0.6 is 11.8 Å². The van der Waals surface area contributed by atoms with E-state index in [1.807, 2.05) is 6.26 Å². The number of hydrogen-bond acceptors (Lipinski definition) is 8. The number of amides is 2. The molecule has 176 valence electrons. The van der Waals surface area contributed by atoms with E-state index < -0.39 is 5.91 Å². The summed E-state index contributed by atoms with van der Waals surface area (Å²) < 4.78 is 18.1. The summed E-state index contributed by atoms with van der Waals surface area (Å²) in [4.78, 5) is 23.7. The highest BCUT2D eigenvalue weighted by molar-refractivity contribution is 7.98. The maximum absolute atomic E-state index is 12.7. The summed E-state index contributed by atoms with van der Waals surface area (Å²) in [6.45, 7) is 5.29. The number of carbonyl (C=O) groups excluding carboxylic acids is 2. The van der Waals surface area contributed by atoms with E-state index in [0.29, 0.717) is 30.9 Å². The number of benzene rings is 1. The summed E-state index contributed by atoms with van der Waals surface area (Å²) in [5, 5.41) is 12.3. The summed E-state index contributed by atoms with van der Waals surface area (Å²) in [6, 6.07) is 3.05. The third kappa shape index (κ3) is 6.78. The fourth-order valence-electron chi connectivity index (χ4n) is 3.05. The third-order valence-corrected chi connectivity index (χ3v) is 5.14. The van der Waals surface area contributed by atoms with Gasteiger partial charge >= 0.3 is 0 Å². The van der Waals surface area contributed by atoms with Gasteiger partial charge in [0.2, 0.25) is 5.75 Å². The lowest BCUT2D eigenvalue weighted by molar-refractivity contribution is -0.120. The van der Waals surface area contributed by atoms with E-state index in [1.54, 1.807) is 11.8 Å². The minimum Gasteiger partial charge on any atom is -0.493 e. The molecule has 2 rings (SSSR count). The second-order valence-corrected chi connectivity index (χ2v) is 8.21. The molecule has 2 aromatic rings. The molecule has 2 amide bonds. The number of aryl methyl sites for hydroxylation is 1. The van der Waals surface area contributed by atoms with Crippen LogP contribution in [0.3, 0.4) is 0 Å². The Kier molecular flexibility index (Phi) is 9.63. The summed E-state index contributed by atoms with van der Waals surface area (Å²) in [5.74, 6) is 1.22. The van der Waals surface area contributed by atoms with Crippen molar-refractivity contribution in [1.29, 1.82) is 0 Å². The Hall–Kier alpha value is -2.95. The van der Waals surface area contributed by atoms with Gasteiger partial charge in [-0.15, -0.1) is 10.2 Å². The van der Waals surface area contributed by atoms with Crippen LogP contribution < -0.4 is 25.3 Å². The second-order valence-electron chi connectivity index (χ2n) is 7.43. The number of aromatic nitrogens is 3. The predicted molar refractivity (Wildman–Crippen MR) is 122 cm³/mol. The van der Waals surface area contributed by atoms with E-state index in [4.69, 9.17) is 19.9 Å². The minimum absolute atomic E-state index is 0.208. The molecule has 11 heteroatoms. The minimum atomic E-state index is -0.634. The van der Waals surface area contributed by atoms with Gasteiger partial charge < -0.3 is 29.8 Å². The largest absolute Gasteiger partial charge is 0.493 e. The third-order valence-electron chi connectivity index (χ3n) is 4.47. The van der Waals surface area contributed by atoms with Crippen LogP contribution in [0.15, 0.2) is 17.3 Å². The molecular weight excluding hydrogens is 434 g/mol. The Morgan fingerprint density at radius 1 is 1.19 bits per heavy atom. The topological polar surface area (TPSA) is 131 Å². The van der Waals surface area contributed by atoms with E-state index in [1.165, 1.54) is 26.4 Å². The normalized spacial score (nSPS) is 10.8. The molecule has 0 aliphatic carbocycles. The van der Waals surface area contributed by atoms with Gasteiger partial charge in [0, 0.05) is 25.1 Å². The highest BCUT2D eigenvalue weighted by Crippen LogP contribution is 2.38. The summed E-state index contributed by atoms with van der Waals surface area (Å²) in [7, 11) is 2.87. The Bertz CT molecular complexity index is 906. The fourth-order valence-corrected chi connectivity index (χ4v) is 3.57. The van der Waals surface area contributed by atoms with Crippen molar-refractivity contribution >= 4 is 23.6 Å². The molecular formula is C21H31N5O5S. The lowest BCUT2D eigenvalue weighted by Crippen LogP contribution is -2.25. The Balaban J connectivity index is 2.01. The van der Waals surface area contributed by atoms with Crippen molar-refractivity contribution in [2.75, 3.05) is 33.6 Å². The van der Waals surface area contributed by atoms with Crippen LogP contribution in [0.25, 0.3) is 0 Å². The monoisotopic (exact) mass is 465 g/mol. The molecule has 0 saturated heterocycles. The van der Waals surface area contributed by atoms with Gasteiger partial charge in [-0.3, -0.25) is 9.59 Å². The van der Waals surface area contributed by atoms with Crippen molar-refractivity contribution in [1.82, 2.24) is 20.1 Å². The summed E-state index contributed by atoms with van der Waals surface area (Å²) >= 11 is 1.57. The molecule has 32 heavy (non-hydrogen) atoms. The van der Waals surface area contributed by atoms with Gasteiger partial charge in [0.05, 0.1) is 14.2 Å². The molecule has 0 spiro atoms. The smallest absolute Gasteiger partial charge is 0.255 e. The molecule has 0 saturated carbocycles. The van der Waals surface area contributed by atoms with Crippen molar-refractivity contribution < 1.29 is 23.8 Å². The van der Waals surface area contributed by atoms with E-state index >= 15 is 0 Å². The van der Waals surface area contributed by atoms with Crippen molar-refractivity contribution in [2.24, 2.45) is 11.7 Å². The van der Waals surface area contributed by atoms with Crippen molar-refractivity contribution in [3.05, 3.63) is 23.5 Å². The Morgan fingerprint density at radius 2 is 1.84 bits per heavy atom. The zero-order valence-electron chi connectivity index (χ0n) is 19.1. The van der Waals surface area contributed by atoms with E-state index in [9.17, 15) is 9.59 Å². The average molecular weight is 466 g/mol. The van der Waals surface area contributed by atoms with Crippen LogP contribution in [-0.2, 0) is 17.8 Å². The SMILES string of the molecule is COc1cc(C(=O)NCCCc2nnc(SC)n2CC(C)C)cc(OC)c1OCC(N)=O. The summed E-state index contributed by atoms with van der Waals surface area (Å²) in [5.41, 5.74) is 5.48. The maximum Gasteiger partial charge on any atom is 0.255 e. The maximum atomic E-state index is 12.7. The highest BCUT2D eigenvalue weighted by Gasteiger charge is 2.18. The average Bonchev–Trinajstić information content (AvgIpc) is 3.14. The standard InChI is InChI=1S/C21H31N5O5S/c1-13(2)11-26-18(24-25-21(26)32-5)7-6-8-23-20(28)14-9-15(29-3)19(16(10-14)30-4)31-12-17(22)27/h9-10,13H,6-8,11-12H2,1-5H3,(H2,22,27)(H,23,28). The number of rotatable bonds is 13. The molecule has 0 bridgehead atoms. The van der Waals surface area contributed by atoms with Gasteiger partial charge in [-0.05, 0) is 30.7 Å². The molecule has 0 atom stereocenters.